The topological polar surface area (TPSA) is 201 Å². The summed E-state index contributed by atoms with van der Waals surface area (Å²) in [6, 6.07) is 10.9. The van der Waals surface area contributed by atoms with Gasteiger partial charge in [0.15, 0.2) is 5.75 Å². The molecule has 3 aromatic carbocycles. The maximum Gasteiger partial charge on any atom is 0.412 e. The number of carbonyl (C=O) groups excluding carboxylic acids is 3. The van der Waals surface area contributed by atoms with E-state index >= 15 is 0 Å². The molecule has 0 atom stereocenters. The van der Waals surface area contributed by atoms with Gasteiger partial charge in [0.1, 0.15) is 15.8 Å². The highest BCUT2D eigenvalue weighted by atomic mass is 35.5. The van der Waals surface area contributed by atoms with Crippen molar-refractivity contribution in [2.45, 2.75) is 0 Å². The summed E-state index contributed by atoms with van der Waals surface area (Å²) in [4.78, 5) is 52.2. The van der Waals surface area contributed by atoms with E-state index in [4.69, 9.17) is 67.5 Å². The summed E-state index contributed by atoms with van der Waals surface area (Å²) in [6.07, 6.45) is -2.10. The molecule has 44 heavy (non-hydrogen) atoms. The van der Waals surface area contributed by atoms with Gasteiger partial charge in [-0.05, 0) is 18.2 Å². The first-order valence-corrected chi connectivity index (χ1v) is 13.2. The smallest absolute Gasteiger partial charge is 0.410 e. The zero-order valence-electron chi connectivity index (χ0n) is 22.5. The van der Waals surface area contributed by atoms with E-state index in [-0.39, 0.29) is 53.7 Å². The minimum atomic E-state index is -0.752. The Morgan fingerprint density at radius 3 is 1.50 bits per heavy atom. The first-order valence-electron chi connectivity index (χ1n) is 11.4. The SMILES string of the molecule is CNC(=O)Oc1c(Cl)c(Cl)c(Cl)c(Cl)c1Cl.CNC(=O)Oc1ccc([N+](=O)[O-])cc1.CNC(=O)Oc1ccccc1[N+](=O)[O-]. The lowest BCUT2D eigenvalue weighted by molar-refractivity contribution is -0.385. The molecule has 236 valence electrons. The number of nitrogens with zero attached hydrogens (tertiary/aromatic N) is 2. The molecule has 0 aromatic heterocycles. The van der Waals surface area contributed by atoms with E-state index in [2.05, 4.69) is 20.7 Å². The predicted molar refractivity (Wildman–Crippen MR) is 163 cm³/mol. The number of para-hydroxylation sites is 2. The lowest BCUT2D eigenvalue weighted by atomic mass is 10.3. The van der Waals surface area contributed by atoms with E-state index in [0.717, 1.165) is 0 Å². The van der Waals surface area contributed by atoms with Gasteiger partial charge in [0.05, 0.1) is 24.9 Å². The molecule has 0 aliphatic heterocycles. The van der Waals surface area contributed by atoms with Gasteiger partial charge in [-0.15, -0.1) is 0 Å². The van der Waals surface area contributed by atoms with Gasteiger partial charge in [-0.3, -0.25) is 20.2 Å². The largest absolute Gasteiger partial charge is 0.412 e. The van der Waals surface area contributed by atoms with Gasteiger partial charge in [0, 0.05) is 39.3 Å². The van der Waals surface area contributed by atoms with Crippen LogP contribution in [0.25, 0.3) is 0 Å². The number of ether oxygens (including phenoxy) is 3. The maximum atomic E-state index is 11.0. The van der Waals surface area contributed by atoms with Crippen LogP contribution in [0.3, 0.4) is 0 Å². The molecule has 20 heteroatoms. The molecular weight excluding hydrogens is 696 g/mol. The fourth-order valence-electron chi connectivity index (χ4n) is 2.46. The maximum absolute atomic E-state index is 11.0. The summed E-state index contributed by atoms with van der Waals surface area (Å²) < 4.78 is 14.2. The highest BCUT2D eigenvalue weighted by Gasteiger charge is 2.22. The highest BCUT2D eigenvalue weighted by Crippen LogP contribution is 2.48. The van der Waals surface area contributed by atoms with E-state index < -0.39 is 28.1 Å². The zero-order valence-corrected chi connectivity index (χ0v) is 26.3. The van der Waals surface area contributed by atoms with Crippen molar-refractivity contribution < 1.29 is 38.4 Å². The van der Waals surface area contributed by atoms with Gasteiger partial charge < -0.3 is 30.2 Å². The van der Waals surface area contributed by atoms with Crippen molar-refractivity contribution >= 4 is 87.7 Å². The average molecular weight is 716 g/mol. The molecule has 0 spiro atoms. The summed E-state index contributed by atoms with van der Waals surface area (Å²) >= 11 is 28.9. The van der Waals surface area contributed by atoms with Gasteiger partial charge in [-0.1, -0.05) is 70.1 Å². The second-order valence-electron chi connectivity index (χ2n) is 7.29. The van der Waals surface area contributed by atoms with Crippen LogP contribution in [0.5, 0.6) is 17.2 Å². The third kappa shape index (κ3) is 11.4. The van der Waals surface area contributed by atoms with Gasteiger partial charge in [-0.25, -0.2) is 14.4 Å². The van der Waals surface area contributed by atoms with Gasteiger partial charge in [0.25, 0.3) is 5.69 Å². The number of nitro benzene ring substituents is 2. The minimum Gasteiger partial charge on any atom is -0.410 e. The van der Waals surface area contributed by atoms with E-state index in [0.29, 0.717) is 0 Å². The molecule has 0 heterocycles. The van der Waals surface area contributed by atoms with E-state index in [1.807, 2.05) is 0 Å². The third-order valence-corrected chi connectivity index (χ3v) is 6.74. The molecular formula is C24H20Cl5N5O10. The standard InChI is InChI=1S/C8H4Cl5NO2.2C8H8N2O4/c1-14-8(15)16-7-5(12)3(10)2(9)4(11)6(7)13;1-9-8(11)14-7-4-2-6(3-5-7)10(12)13;1-9-8(11)14-7-5-3-2-4-6(7)10(12)13/h1H3,(H,14,15);2*2-5H,1H3,(H,9,11). The Kier molecular flexibility index (Phi) is 15.8. The molecule has 0 bridgehead atoms. The molecule has 15 nitrogen and oxygen atoms in total. The summed E-state index contributed by atoms with van der Waals surface area (Å²) in [5.74, 6) is 0.0499. The monoisotopic (exact) mass is 713 g/mol. The molecule has 0 aliphatic carbocycles. The number of rotatable bonds is 5. The molecule has 0 saturated carbocycles. The lowest BCUT2D eigenvalue weighted by Crippen LogP contribution is -2.22. The van der Waals surface area contributed by atoms with Crippen LogP contribution < -0.4 is 30.2 Å². The quantitative estimate of drug-likeness (QED) is 0.104. The summed E-state index contributed by atoms with van der Waals surface area (Å²) in [7, 11) is 4.17. The fourth-order valence-corrected chi connectivity index (χ4v) is 3.66. The third-order valence-electron chi connectivity index (χ3n) is 4.50. The summed E-state index contributed by atoms with van der Waals surface area (Å²) in [5.41, 5.74) is -0.287. The molecule has 0 aliphatic rings. The van der Waals surface area contributed by atoms with Crippen molar-refractivity contribution in [3.63, 3.8) is 0 Å². The van der Waals surface area contributed by atoms with Crippen LogP contribution in [0, 0.1) is 20.2 Å². The summed E-state index contributed by atoms with van der Waals surface area (Å²) in [5, 5.41) is 27.2. The fraction of sp³-hybridized carbons (Fsp3) is 0.125. The van der Waals surface area contributed by atoms with Gasteiger partial charge in [-0.2, -0.15) is 0 Å². The van der Waals surface area contributed by atoms with Crippen molar-refractivity contribution in [1.82, 2.24) is 16.0 Å². The highest BCUT2D eigenvalue weighted by molar-refractivity contribution is 6.55. The number of amides is 3. The van der Waals surface area contributed by atoms with Crippen molar-refractivity contribution in [3.05, 3.63) is 93.9 Å². The number of nitro groups is 2. The number of halogens is 5. The van der Waals surface area contributed by atoms with Crippen LogP contribution in [0.15, 0.2) is 48.5 Å². The Labute approximate surface area is 273 Å². The van der Waals surface area contributed by atoms with Crippen LogP contribution in [-0.4, -0.2) is 49.3 Å². The van der Waals surface area contributed by atoms with Crippen LogP contribution in [0.1, 0.15) is 0 Å². The Bertz CT molecular complexity index is 1500. The molecule has 3 aromatic rings. The van der Waals surface area contributed by atoms with Gasteiger partial charge in [0.2, 0.25) is 5.75 Å². The second kappa shape index (κ2) is 18.4. The minimum absolute atomic E-state index is 0.00240. The van der Waals surface area contributed by atoms with E-state index in [9.17, 15) is 34.6 Å². The number of non-ortho nitro benzene ring substituents is 1. The van der Waals surface area contributed by atoms with Crippen molar-refractivity contribution in [2.24, 2.45) is 0 Å². The number of hydrogen-bond acceptors (Lipinski definition) is 10. The van der Waals surface area contributed by atoms with Crippen molar-refractivity contribution in [3.8, 4) is 17.2 Å². The molecule has 0 saturated heterocycles. The first kappa shape index (κ1) is 37.7. The Morgan fingerprint density at radius 2 is 1.05 bits per heavy atom. The second-order valence-corrected chi connectivity index (χ2v) is 9.18. The van der Waals surface area contributed by atoms with E-state index in [1.54, 1.807) is 6.07 Å². The zero-order chi connectivity index (χ0) is 33.6. The number of hydrogen-bond donors (Lipinski definition) is 3. The molecule has 3 N–H and O–H groups in total. The van der Waals surface area contributed by atoms with Crippen LogP contribution in [0.2, 0.25) is 25.1 Å². The average Bonchev–Trinajstić information content (AvgIpc) is 3.01. The Hall–Kier alpha value is -4.28. The molecule has 0 radical (unpaired) electrons. The predicted octanol–water partition coefficient (Wildman–Crippen LogP) is 7.30. The first-order chi connectivity index (χ1) is 20.7. The number of benzene rings is 3. The molecule has 0 fully saturated rings. The van der Waals surface area contributed by atoms with Crippen LogP contribution in [-0.2, 0) is 0 Å². The Balaban J connectivity index is 0.000000331. The van der Waals surface area contributed by atoms with Gasteiger partial charge >= 0.3 is 24.0 Å². The van der Waals surface area contributed by atoms with Crippen LogP contribution >= 0.6 is 58.0 Å². The Morgan fingerprint density at radius 1 is 0.614 bits per heavy atom. The lowest BCUT2D eigenvalue weighted by Gasteiger charge is -2.11. The normalized spacial score (nSPS) is 9.55. The van der Waals surface area contributed by atoms with Crippen molar-refractivity contribution in [2.75, 3.05) is 21.1 Å². The van der Waals surface area contributed by atoms with Crippen LogP contribution in [0.4, 0.5) is 25.8 Å². The molecule has 3 amide bonds. The number of nitrogens with one attached hydrogen (secondary N) is 3. The number of carbonyl (C=O) groups is 3. The summed E-state index contributed by atoms with van der Waals surface area (Å²) in [6.45, 7) is 0. The molecule has 3 rings (SSSR count). The van der Waals surface area contributed by atoms with Crippen molar-refractivity contribution in [1.29, 1.82) is 0 Å². The molecule has 0 unspecified atom stereocenters. The van der Waals surface area contributed by atoms with E-state index in [1.165, 1.54) is 63.6 Å².